The summed E-state index contributed by atoms with van der Waals surface area (Å²) in [5.41, 5.74) is 3.00. The monoisotopic (exact) mass is 438 g/mol. The number of nitrogens with one attached hydrogen (secondary N) is 1. The van der Waals surface area contributed by atoms with E-state index in [1.165, 1.54) is 5.56 Å². The van der Waals surface area contributed by atoms with Gasteiger partial charge in [0, 0.05) is 19.0 Å². The Morgan fingerprint density at radius 1 is 0.818 bits per heavy atom. The van der Waals surface area contributed by atoms with E-state index < -0.39 is 5.41 Å². The van der Waals surface area contributed by atoms with Gasteiger partial charge >= 0.3 is 0 Å². The Balaban J connectivity index is 1.36. The third-order valence-electron chi connectivity index (χ3n) is 7.37. The van der Waals surface area contributed by atoms with Gasteiger partial charge < -0.3 is 10.2 Å². The van der Waals surface area contributed by atoms with Crippen molar-refractivity contribution in [2.45, 2.75) is 43.4 Å². The first-order valence-electron chi connectivity index (χ1n) is 12.0. The number of carbonyl (C=O) groups is 2. The van der Waals surface area contributed by atoms with Crippen LogP contribution in [0.25, 0.3) is 0 Å². The van der Waals surface area contributed by atoms with E-state index in [2.05, 4.69) is 41.7 Å². The van der Waals surface area contributed by atoms with Gasteiger partial charge in [0.25, 0.3) is 5.91 Å². The van der Waals surface area contributed by atoms with Crippen LogP contribution in [0.15, 0.2) is 84.9 Å². The molecule has 1 saturated heterocycles. The Labute approximate surface area is 195 Å². The number of amides is 2. The molecule has 3 aromatic carbocycles. The second-order valence-corrected chi connectivity index (χ2v) is 9.30. The van der Waals surface area contributed by atoms with Crippen LogP contribution in [0, 0.1) is 0 Å². The fourth-order valence-corrected chi connectivity index (χ4v) is 5.52. The number of rotatable bonds is 5. The summed E-state index contributed by atoms with van der Waals surface area (Å²) >= 11 is 0. The Kier molecular flexibility index (Phi) is 5.99. The zero-order chi connectivity index (χ0) is 22.7. The van der Waals surface area contributed by atoms with E-state index in [0.29, 0.717) is 23.7 Å². The maximum Gasteiger partial charge on any atom is 0.255 e. The van der Waals surface area contributed by atoms with Gasteiger partial charge in [0.15, 0.2) is 0 Å². The molecule has 4 heteroatoms. The van der Waals surface area contributed by atoms with E-state index in [1.54, 1.807) is 0 Å². The highest BCUT2D eigenvalue weighted by atomic mass is 16.2. The standard InChI is InChI=1S/C29H30N2O2/c32-27(31-20-17-23(21-31)22-11-3-1-4-12-22)25-15-7-8-16-26(25)30-28(33)29(18-9-10-19-29)24-13-5-2-6-14-24/h1-8,11-16,23H,9-10,17-21H2,(H,30,33). The van der Waals surface area contributed by atoms with Crippen LogP contribution in [0.4, 0.5) is 5.69 Å². The minimum atomic E-state index is -0.524. The third-order valence-corrected chi connectivity index (χ3v) is 7.37. The summed E-state index contributed by atoms with van der Waals surface area (Å²) in [5.74, 6) is 0.344. The SMILES string of the molecule is O=C(c1ccccc1NC(=O)C1(c2ccccc2)CCCC1)N1CCC(c2ccccc2)C1. The van der Waals surface area contributed by atoms with E-state index in [9.17, 15) is 9.59 Å². The first-order chi connectivity index (χ1) is 16.2. The predicted molar refractivity (Wildman–Crippen MR) is 131 cm³/mol. The fourth-order valence-electron chi connectivity index (χ4n) is 5.52. The maximum absolute atomic E-state index is 13.6. The van der Waals surface area contributed by atoms with Gasteiger partial charge in [-0.1, -0.05) is 85.6 Å². The number of hydrogen-bond donors (Lipinski definition) is 1. The average Bonchev–Trinajstić information content (AvgIpc) is 3.56. The summed E-state index contributed by atoms with van der Waals surface area (Å²) in [4.78, 5) is 29.0. The number of anilines is 1. The molecule has 4 nitrogen and oxygen atoms in total. The van der Waals surface area contributed by atoms with Crippen LogP contribution >= 0.6 is 0 Å². The van der Waals surface area contributed by atoms with Crippen molar-refractivity contribution in [3.63, 3.8) is 0 Å². The van der Waals surface area contributed by atoms with Crippen molar-refractivity contribution in [2.24, 2.45) is 0 Å². The lowest BCUT2D eigenvalue weighted by Crippen LogP contribution is -2.38. The van der Waals surface area contributed by atoms with Crippen molar-refractivity contribution in [3.05, 3.63) is 102 Å². The zero-order valence-electron chi connectivity index (χ0n) is 18.9. The molecule has 1 aliphatic carbocycles. The van der Waals surface area contributed by atoms with Crippen molar-refractivity contribution in [2.75, 3.05) is 18.4 Å². The third kappa shape index (κ3) is 4.18. The van der Waals surface area contributed by atoms with Crippen LogP contribution in [0.2, 0.25) is 0 Å². The van der Waals surface area contributed by atoms with Crippen LogP contribution in [0.3, 0.4) is 0 Å². The highest BCUT2D eigenvalue weighted by Crippen LogP contribution is 2.42. The topological polar surface area (TPSA) is 49.4 Å². The number of benzene rings is 3. The number of para-hydroxylation sites is 1. The molecule has 1 saturated carbocycles. The first-order valence-corrected chi connectivity index (χ1v) is 12.0. The summed E-state index contributed by atoms with van der Waals surface area (Å²) in [6.07, 6.45) is 4.71. The van der Waals surface area contributed by atoms with Crippen molar-refractivity contribution >= 4 is 17.5 Å². The van der Waals surface area contributed by atoms with E-state index in [4.69, 9.17) is 0 Å². The van der Waals surface area contributed by atoms with Gasteiger partial charge in [-0.25, -0.2) is 0 Å². The number of nitrogens with zero attached hydrogens (tertiary/aromatic N) is 1. The van der Waals surface area contributed by atoms with E-state index in [0.717, 1.165) is 44.2 Å². The second kappa shape index (κ2) is 9.22. The van der Waals surface area contributed by atoms with Gasteiger partial charge in [0.1, 0.15) is 0 Å². The minimum absolute atomic E-state index is 0.00460. The molecular formula is C29H30N2O2. The molecule has 0 radical (unpaired) electrons. The van der Waals surface area contributed by atoms with Gasteiger partial charge in [-0.15, -0.1) is 0 Å². The van der Waals surface area contributed by atoms with Gasteiger partial charge in [-0.2, -0.15) is 0 Å². The molecule has 5 rings (SSSR count). The lowest BCUT2D eigenvalue weighted by Gasteiger charge is -2.29. The maximum atomic E-state index is 13.6. The Morgan fingerprint density at radius 3 is 2.18 bits per heavy atom. The zero-order valence-corrected chi connectivity index (χ0v) is 18.9. The molecule has 0 bridgehead atoms. The van der Waals surface area contributed by atoms with Gasteiger partial charge in [0.2, 0.25) is 5.91 Å². The molecule has 2 aliphatic rings. The Morgan fingerprint density at radius 2 is 1.45 bits per heavy atom. The summed E-state index contributed by atoms with van der Waals surface area (Å²) in [5, 5.41) is 3.15. The molecule has 0 aromatic heterocycles. The van der Waals surface area contributed by atoms with E-state index in [-0.39, 0.29) is 11.8 Å². The molecule has 33 heavy (non-hydrogen) atoms. The van der Waals surface area contributed by atoms with Crippen LogP contribution in [-0.2, 0) is 10.2 Å². The molecule has 1 N–H and O–H groups in total. The van der Waals surface area contributed by atoms with Gasteiger partial charge in [-0.05, 0) is 42.5 Å². The van der Waals surface area contributed by atoms with E-state index in [1.807, 2.05) is 53.4 Å². The predicted octanol–water partition coefficient (Wildman–Crippen LogP) is 5.77. The number of carbonyl (C=O) groups excluding carboxylic acids is 2. The molecule has 0 spiro atoms. The Bertz CT molecular complexity index is 1120. The summed E-state index contributed by atoms with van der Waals surface area (Å²) in [6, 6.07) is 27.9. The van der Waals surface area contributed by atoms with Crippen LogP contribution in [0.5, 0.6) is 0 Å². The quantitative estimate of drug-likeness (QED) is 0.550. The second-order valence-electron chi connectivity index (χ2n) is 9.30. The van der Waals surface area contributed by atoms with Gasteiger partial charge in [-0.3, -0.25) is 9.59 Å². The molecule has 2 amide bonds. The fraction of sp³-hybridized carbons (Fsp3) is 0.310. The highest BCUT2D eigenvalue weighted by molar-refractivity contribution is 6.06. The minimum Gasteiger partial charge on any atom is -0.338 e. The largest absolute Gasteiger partial charge is 0.338 e. The van der Waals surface area contributed by atoms with Crippen LogP contribution < -0.4 is 5.32 Å². The summed E-state index contributed by atoms with van der Waals surface area (Å²) in [7, 11) is 0. The highest BCUT2D eigenvalue weighted by Gasteiger charge is 2.43. The smallest absolute Gasteiger partial charge is 0.255 e. The van der Waals surface area contributed by atoms with Crippen molar-refractivity contribution in [1.82, 2.24) is 4.90 Å². The van der Waals surface area contributed by atoms with Crippen LogP contribution in [-0.4, -0.2) is 29.8 Å². The first kappa shape index (κ1) is 21.4. The molecule has 1 heterocycles. The number of likely N-dealkylation sites (tertiary alicyclic amines) is 1. The lowest BCUT2D eigenvalue weighted by molar-refractivity contribution is -0.121. The molecule has 1 atom stereocenters. The van der Waals surface area contributed by atoms with E-state index >= 15 is 0 Å². The molecule has 168 valence electrons. The molecule has 1 unspecified atom stereocenters. The Hall–Kier alpha value is -3.40. The van der Waals surface area contributed by atoms with Crippen molar-refractivity contribution in [1.29, 1.82) is 0 Å². The summed E-state index contributed by atoms with van der Waals surface area (Å²) in [6.45, 7) is 1.44. The normalized spacial score (nSPS) is 19.4. The van der Waals surface area contributed by atoms with Crippen molar-refractivity contribution < 1.29 is 9.59 Å². The lowest BCUT2D eigenvalue weighted by atomic mass is 9.78. The number of hydrogen-bond acceptors (Lipinski definition) is 2. The molecule has 2 fully saturated rings. The van der Waals surface area contributed by atoms with Gasteiger partial charge in [0.05, 0.1) is 16.7 Å². The van der Waals surface area contributed by atoms with Crippen LogP contribution in [0.1, 0.15) is 59.5 Å². The molecule has 3 aromatic rings. The average molecular weight is 439 g/mol. The molecular weight excluding hydrogens is 408 g/mol. The summed E-state index contributed by atoms with van der Waals surface area (Å²) < 4.78 is 0. The van der Waals surface area contributed by atoms with Crippen molar-refractivity contribution in [3.8, 4) is 0 Å². The molecule has 1 aliphatic heterocycles.